The minimum Gasteiger partial charge on any atom is -0.493 e. The van der Waals surface area contributed by atoms with Crippen LogP contribution in [-0.2, 0) is 6.18 Å². The van der Waals surface area contributed by atoms with Gasteiger partial charge in [0.25, 0.3) is 0 Å². The summed E-state index contributed by atoms with van der Waals surface area (Å²) in [4.78, 5) is 22.4. The summed E-state index contributed by atoms with van der Waals surface area (Å²) in [6.07, 6.45) is -5.04. The Morgan fingerprint density at radius 2 is 1.50 bits per heavy atom. The molecule has 13 heteroatoms. The fourth-order valence-electron chi connectivity index (χ4n) is 2.46. The second-order valence-corrected chi connectivity index (χ2v) is 5.44. The van der Waals surface area contributed by atoms with Crippen LogP contribution in [0.1, 0.15) is 5.56 Å². The molecule has 1 heterocycles. The topological polar surface area (TPSA) is 147 Å². The van der Waals surface area contributed by atoms with E-state index in [1.807, 2.05) is 0 Å². The smallest absolute Gasteiger partial charge is 0.416 e. The number of nitro groups is 2. The first-order chi connectivity index (χ1) is 13.1. The van der Waals surface area contributed by atoms with Gasteiger partial charge in [-0.05, 0) is 6.07 Å². The van der Waals surface area contributed by atoms with Crippen molar-refractivity contribution >= 4 is 33.7 Å². The van der Waals surface area contributed by atoms with E-state index in [0.29, 0.717) is 10.9 Å². The van der Waals surface area contributed by atoms with Gasteiger partial charge < -0.3 is 10.1 Å². The van der Waals surface area contributed by atoms with Gasteiger partial charge in [-0.2, -0.15) is 13.2 Å². The summed E-state index contributed by atoms with van der Waals surface area (Å²) in [5.74, 6) is -0.470. The molecule has 1 aromatic heterocycles. The molecule has 3 aromatic rings. The Kier molecular flexibility index (Phi) is 4.42. The number of nitrogens with zero attached hydrogens (tertiary/aromatic N) is 4. The number of aromatic hydroxyl groups is 1. The number of fused-ring (bicyclic) bond motifs is 1. The fraction of sp³-hybridized carbons (Fsp3) is 0.0667. The lowest BCUT2D eigenvalue weighted by molar-refractivity contribution is -0.393. The molecule has 28 heavy (non-hydrogen) atoms. The molecule has 0 aliphatic heterocycles. The molecule has 2 N–H and O–H groups in total. The Morgan fingerprint density at radius 3 is 2.04 bits per heavy atom. The van der Waals surface area contributed by atoms with E-state index in [0.717, 1.165) is 0 Å². The van der Waals surface area contributed by atoms with Gasteiger partial charge in [-0.3, -0.25) is 20.2 Å². The van der Waals surface area contributed by atoms with Crippen molar-refractivity contribution in [2.75, 3.05) is 0 Å². The van der Waals surface area contributed by atoms with Gasteiger partial charge in [-0.25, -0.2) is 0 Å². The van der Waals surface area contributed by atoms with Crippen molar-refractivity contribution in [3.05, 3.63) is 62.2 Å². The van der Waals surface area contributed by atoms with Gasteiger partial charge in [0.2, 0.25) is 11.6 Å². The van der Waals surface area contributed by atoms with Gasteiger partial charge in [0.1, 0.15) is 0 Å². The first-order valence-electron chi connectivity index (χ1n) is 7.35. The summed E-state index contributed by atoms with van der Waals surface area (Å²) in [7, 11) is 0. The minimum absolute atomic E-state index is 0.135. The third-order valence-corrected chi connectivity index (χ3v) is 3.70. The van der Waals surface area contributed by atoms with Crippen LogP contribution < -0.4 is 0 Å². The fourth-order valence-corrected chi connectivity index (χ4v) is 2.46. The molecular weight excluding hydrogens is 387 g/mol. The van der Waals surface area contributed by atoms with Crippen molar-refractivity contribution in [1.82, 2.24) is 4.98 Å². The van der Waals surface area contributed by atoms with Gasteiger partial charge in [0, 0.05) is 17.5 Å². The highest BCUT2D eigenvalue weighted by molar-refractivity contribution is 5.94. The van der Waals surface area contributed by atoms with Crippen LogP contribution in [0.4, 0.5) is 35.9 Å². The van der Waals surface area contributed by atoms with Crippen LogP contribution in [0.3, 0.4) is 0 Å². The molecule has 0 fully saturated rings. The van der Waals surface area contributed by atoms with Crippen LogP contribution in [0.25, 0.3) is 10.9 Å². The summed E-state index contributed by atoms with van der Waals surface area (Å²) < 4.78 is 38.7. The van der Waals surface area contributed by atoms with Gasteiger partial charge in [-0.1, -0.05) is 18.2 Å². The average Bonchev–Trinajstić information content (AvgIpc) is 2.93. The van der Waals surface area contributed by atoms with E-state index in [2.05, 4.69) is 15.2 Å². The number of benzene rings is 2. The Morgan fingerprint density at radius 1 is 0.964 bits per heavy atom. The minimum atomic E-state index is -5.04. The van der Waals surface area contributed by atoms with Gasteiger partial charge in [-0.15, -0.1) is 10.2 Å². The van der Waals surface area contributed by atoms with Crippen molar-refractivity contribution in [3.63, 3.8) is 0 Å². The maximum atomic E-state index is 12.9. The van der Waals surface area contributed by atoms with Crippen LogP contribution >= 0.6 is 0 Å². The second-order valence-electron chi connectivity index (χ2n) is 5.44. The molecule has 0 aliphatic carbocycles. The van der Waals surface area contributed by atoms with E-state index in [-0.39, 0.29) is 17.8 Å². The van der Waals surface area contributed by atoms with Crippen LogP contribution in [0.15, 0.2) is 46.6 Å². The van der Waals surface area contributed by atoms with E-state index in [9.17, 15) is 38.5 Å². The molecule has 0 aliphatic rings. The maximum Gasteiger partial charge on any atom is 0.416 e. The number of hydrogen-bond acceptors (Lipinski definition) is 7. The Hall–Kier alpha value is -4.03. The number of azo groups is 1. The lowest BCUT2D eigenvalue weighted by Crippen LogP contribution is -2.07. The molecular formula is C15H8F3N5O5. The lowest BCUT2D eigenvalue weighted by Gasteiger charge is -2.07. The lowest BCUT2D eigenvalue weighted by atomic mass is 10.1. The van der Waals surface area contributed by atoms with Crippen molar-refractivity contribution in [3.8, 4) is 5.88 Å². The van der Waals surface area contributed by atoms with Crippen molar-refractivity contribution in [2.45, 2.75) is 6.18 Å². The molecule has 2 aromatic carbocycles. The standard InChI is InChI=1S/C15H8F3N5O5/c16-15(17,18)7-5-10(22(25)26)13(11(6-7)23(27)28)21-20-12-8-3-1-2-4-9(8)19-14(12)24/h1-6,19,24H. The van der Waals surface area contributed by atoms with Crippen LogP contribution in [0, 0.1) is 20.2 Å². The van der Waals surface area contributed by atoms with E-state index in [1.165, 1.54) is 6.07 Å². The number of nitro benzene ring substituents is 2. The average molecular weight is 395 g/mol. The number of para-hydroxylation sites is 1. The molecule has 10 nitrogen and oxygen atoms in total. The number of H-pyrrole nitrogens is 1. The predicted octanol–water partition coefficient (Wildman–Crippen LogP) is 5.12. The van der Waals surface area contributed by atoms with Crippen LogP contribution in [0.5, 0.6) is 5.88 Å². The largest absolute Gasteiger partial charge is 0.493 e. The second kappa shape index (κ2) is 6.61. The van der Waals surface area contributed by atoms with Crippen LogP contribution in [-0.4, -0.2) is 19.9 Å². The van der Waals surface area contributed by atoms with Crippen molar-refractivity contribution in [2.24, 2.45) is 10.2 Å². The Labute approximate surface area is 152 Å². The summed E-state index contributed by atoms with van der Waals surface area (Å²) in [6.45, 7) is 0. The molecule has 3 rings (SSSR count). The number of nitrogens with one attached hydrogen (secondary N) is 1. The molecule has 0 saturated heterocycles. The number of rotatable bonds is 4. The zero-order valence-electron chi connectivity index (χ0n) is 13.5. The molecule has 0 spiro atoms. The number of alkyl halides is 3. The monoisotopic (exact) mass is 395 g/mol. The highest BCUT2D eigenvalue weighted by atomic mass is 19.4. The summed E-state index contributed by atoms with van der Waals surface area (Å²) >= 11 is 0. The molecule has 0 saturated carbocycles. The van der Waals surface area contributed by atoms with Gasteiger partial charge in [0.05, 0.1) is 20.9 Å². The first kappa shape index (κ1) is 18.8. The third-order valence-electron chi connectivity index (χ3n) is 3.70. The van der Waals surface area contributed by atoms with Gasteiger partial charge in [0.15, 0.2) is 5.69 Å². The molecule has 144 valence electrons. The summed E-state index contributed by atoms with van der Waals surface area (Å²) in [5.41, 5.74) is -4.79. The Balaban J connectivity index is 2.22. The molecule has 0 amide bonds. The Bertz CT molecular complexity index is 1100. The predicted molar refractivity (Wildman–Crippen MR) is 88.9 cm³/mol. The zero-order valence-corrected chi connectivity index (χ0v) is 13.5. The zero-order chi connectivity index (χ0) is 20.6. The molecule has 0 bridgehead atoms. The molecule has 0 radical (unpaired) electrons. The van der Waals surface area contributed by atoms with Crippen molar-refractivity contribution < 1.29 is 28.1 Å². The normalized spacial score (nSPS) is 12.0. The molecule has 0 atom stereocenters. The van der Waals surface area contributed by atoms with E-state index < -0.39 is 44.5 Å². The highest BCUT2D eigenvalue weighted by Crippen LogP contribution is 2.44. The highest BCUT2D eigenvalue weighted by Gasteiger charge is 2.38. The SMILES string of the molecule is O=[N+]([O-])c1cc(C(F)(F)F)cc([N+](=O)[O-])c1N=Nc1c(O)[nH]c2ccccc12. The van der Waals surface area contributed by atoms with Crippen molar-refractivity contribution in [1.29, 1.82) is 0 Å². The van der Waals surface area contributed by atoms with E-state index in [4.69, 9.17) is 0 Å². The number of aromatic amines is 1. The third kappa shape index (κ3) is 3.32. The van der Waals surface area contributed by atoms with Crippen LogP contribution in [0.2, 0.25) is 0 Å². The summed E-state index contributed by atoms with van der Waals surface area (Å²) in [6, 6.07) is 6.61. The van der Waals surface area contributed by atoms with E-state index in [1.54, 1.807) is 18.2 Å². The number of hydrogen-bond donors (Lipinski definition) is 2. The first-order valence-corrected chi connectivity index (χ1v) is 7.35. The van der Waals surface area contributed by atoms with Gasteiger partial charge >= 0.3 is 17.6 Å². The quantitative estimate of drug-likeness (QED) is 0.357. The number of aromatic nitrogens is 1. The maximum absolute atomic E-state index is 12.9. The molecule has 0 unspecified atom stereocenters. The summed E-state index contributed by atoms with van der Waals surface area (Å²) in [5, 5.41) is 39.6. The van der Waals surface area contributed by atoms with E-state index >= 15 is 0 Å². The number of halogens is 3.